The molecule has 0 aromatic heterocycles. The lowest BCUT2D eigenvalue weighted by Gasteiger charge is -2.29. The number of nitrogens with one attached hydrogen (secondary N) is 2. The summed E-state index contributed by atoms with van der Waals surface area (Å²) in [6, 6.07) is -0.588. The minimum Gasteiger partial charge on any atom is -0.352 e. The number of rotatable bonds is 3. The van der Waals surface area contributed by atoms with Gasteiger partial charge < -0.3 is 21.3 Å². The highest BCUT2D eigenvalue weighted by molar-refractivity contribution is 5.80. The Morgan fingerprint density at radius 2 is 2.07 bits per heavy atom. The molecule has 1 unspecified atom stereocenters. The van der Waals surface area contributed by atoms with Crippen LogP contribution in [0.2, 0.25) is 0 Å². The van der Waals surface area contributed by atoms with Gasteiger partial charge in [0.25, 0.3) is 0 Å². The molecule has 1 rings (SSSR count). The van der Waals surface area contributed by atoms with Crippen LogP contribution in [0.15, 0.2) is 0 Å². The molecule has 1 aliphatic heterocycles. The third-order valence-electron chi connectivity index (χ3n) is 2.43. The lowest BCUT2D eigenvalue weighted by atomic mass is 10.1. The van der Waals surface area contributed by atoms with E-state index in [0.717, 1.165) is 26.2 Å². The number of primary amides is 1. The van der Waals surface area contributed by atoms with Crippen molar-refractivity contribution in [2.24, 2.45) is 11.7 Å². The van der Waals surface area contributed by atoms with Crippen LogP contribution >= 0.6 is 0 Å². The first-order valence-electron chi connectivity index (χ1n) is 5.14. The molecule has 0 bridgehead atoms. The van der Waals surface area contributed by atoms with Crippen LogP contribution in [0, 0.1) is 5.92 Å². The molecule has 0 aliphatic carbocycles. The zero-order chi connectivity index (χ0) is 11.3. The molecule has 1 saturated heterocycles. The van der Waals surface area contributed by atoms with Crippen molar-refractivity contribution in [1.29, 1.82) is 0 Å². The van der Waals surface area contributed by atoms with Crippen LogP contribution in [0.3, 0.4) is 0 Å². The highest BCUT2D eigenvalue weighted by Crippen LogP contribution is 2.02. The summed E-state index contributed by atoms with van der Waals surface area (Å²) in [5.74, 6) is -0.138. The number of amides is 3. The standard InChI is InChI=1S/C9H18N4O2/c1-7(6-12-9(10)15)8(14)13-4-2-11-3-5-13/h7,11H,2-6H2,1H3,(H3,10,12,15). The molecule has 0 aromatic carbocycles. The Bertz CT molecular complexity index is 238. The predicted octanol–water partition coefficient (Wildman–Crippen LogP) is -1.28. The Morgan fingerprint density at radius 3 is 2.60 bits per heavy atom. The summed E-state index contributed by atoms with van der Waals surface area (Å²) in [4.78, 5) is 24.1. The van der Waals surface area contributed by atoms with E-state index in [1.807, 2.05) is 4.90 Å². The maximum atomic E-state index is 11.8. The summed E-state index contributed by atoms with van der Waals surface area (Å²) < 4.78 is 0. The summed E-state index contributed by atoms with van der Waals surface area (Å²) in [5.41, 5.74) is 4.93. The number of nitrogens with zero attached hydrogens (tertiary/aromatic N) is 1. The van der Waals surface area contributed by atoms with Crippen LogP contribution in [0.25, 0.3) is 0 Å². The summed E-state index contributed by atoms with van der Waals surface area (Å²) in [5, 5.41) is 5.62. The zero-order valence-electron chi connectivity index (χ0n) is 8.95. The van der Waals surface area contributed by atoms with Crippen molar-refractivity contribution in [3.8, 4) is 0 Å². The number of piperazine rings is 1. The van der Waals surface area contributed by atoms with Crippen LogP contribution in [0.1, 0.15) is 6.92 Å². The Labute approximate surface area is 89.2 Å². The second kappa shape index (κ2) is 5.55. The van der Waals surface area contributed by atoms with E-state index in [4.69, 9.17) is 5.73 Å². The van der Waals surface area contributed by atoms with E-state index in [9.17, 15) is 9.59 Å². The number of nitrogens with two attached hydrogens (primary N) is 1. The van der Waals surface area contributed by atoms with E-state index in [0.29, 0.717) is 6.54 Å². The molecule has 0 saturated carbocycles. The van der Waals surface area contributed by atoms with Crippen molar-refractivity contribution in [1.82, 2.24) is 15.5 Å². The van der Waals surface area contributed by atoms with Gasteiger partial charge in [0.1, 0.15) is 0 Å². The number of hydrogen-bond acceptors (Lipinski definition) is 3. The van der Waals surface area contributed by atoms with Crippen LogP contribution in [-0.2, 0) is 4.79 Å². The van der Waals surface area contributed by atoms with Gasteiger partial charge in [0.05, 0.1) is 5.92 Å². The van der Waals surface area contributed by atoms with Gasteiger partial charge in [-0.25, -0.2) is 4.79 Å². The first kappa shape index (κ1) is 11.8. The molecule has 3 amide bonds. The fraction of sp³-hybridized carbons (Fsp3) is 0.778. The second-order valence-electron chi connectivity index (χ2n) is 3.72. The fourth-order valence-electron chi connectivity index (χ4n) is 1.54. The van der Waals surface area contributed by atoms with Crippen LogP contribution in [0.5, 0.6) is 0 Å². The Kier molecular flexibility index (Phi) is 4.36. The van der Waals surface area contributed by atoms with E-state index in [1.165, 1.54) is 0 Å². The molecular formula is C9H18N4O2. The van der Waals surface area contributed by atoms with Crippen molar-refractivity contribution < 1.29 is 9.59 Å². The van der Waals surface area contributed by atoms with E-state index >= 15 is 0 Å². The molecule has 1 atom stereocenters. The lowest BCUT2D eigenvalue weighted by molar-refractivity contribution is -0.135. The van der Waals surface area contributed by atoms with Gasteiger partial charge in [0.2, 0.25) is 5.91 Å². The van der Waals surface area contributed by atoms with Crippen LogP contribution in [-0.4, -0.2) is 49.6 Å². The van der Waals surface area contributed by atoms with Gasteiger partial charge in [-0.05, 0) is 0 Å². The fourth-order valence-corrected chi connectivity index (χ4v) is 1.54. The van der Waals surface area contributed by atoms with Gasteiger partial charge in [-0.2, -0.15) is 0 Å². The molecule has 0 aromatic rings. The first-order chi connectivity index (χ1) is 7.11. The summed E-state index contributed by atoms with van der Waals surface area (Å²) >= 11 is 0. The Hall–Kier alpha value is -1.30. The molecule has 0 spiro atoms. The first-order valence-corrected chi connectivity index (χ1v) is 5.14. The van der Waals surface area contributed by atoms with Crippen molar-refractivity contribution >= 4 is 11.9 Å². The maximum Gasteiger partial charge on any atom is 0.312 e. The molecular weight excluding hydrogens is 196 g/mol. The number of carbonyl (C=O) groups is 2. The van der Waals surface area contributed by atoms with E-state index in [1.54, 1.807) is 6.92 Å². The smallest absolute Gasteiger partial charge is 0.312 e. The van der Waals surface area contributed by atoms with E-state index in [-0.39, 0.29) is 11.8 Å². The van der Waals surface area contributed by atoms with E-state index in [2.05, 4.69) is 10.6 Å². The third kappa shape index (κ3) is 3.75. The molecule has 1 aliphatic rings. The average Bonchev–Trinajstić information content (AvgIpc) is 2.26. The quantitative estimate of drug-likeness (QED) is 0.547. The molecule has 6 nitrogen and oxygen atoms in total. The van der Waals surface area contributed by atoms with Gasteiger partial charge >= 0.3 is 6.03 Å². The number of hydrogen-bond donors (Lipinski definition) is 3. The van der Waals surface area contributed by atoms with Crippen molar-refractivity contribution in [3.63, 3.8) is 0 Å². The Morgan fingerprint density at radius 1 is 1.47 bits per heavy atom. The third-order valence-corrected chi connectivity index (χ3v) is 2.43. The molecule has 86 valence electrons. The highest BCUT2D eigenvalue weighted by atomic mass is 16.2. The maximum absolute atomic E-state index is 11.8. The predicted molar refractivity (Wildman–Crippen MR) is 56.2 cm³/mol. The van der Waals surface area contributed by atoms with Crippen LogP contribution < -0.4 is 16.4 Å². The molecule has 15 heavy (non-hydrogen) atoms. The van der Waals surface area contributed by atoms with Crippen molar-refractivity contribution in [3.05, 3.63) is 0 Å². The zero-order valence-corrected chi connectivity index (χ0v) is 8.95. The van der Waals surface area contributed by atoms with Gasteiger partial charge in [0.15, 0.2) is 0 Å². The van der Waals surface area contributed by atoms with E-state index < -0.39 is 6.03 Å². The van der Waals surface area contributed by atoms with Gasteiger partial charge in [-0.1, -0.05) is 6.92 Å². The highest BCUT2D eigenvalue weighted by Gasteiger charge is 2.21. The largest absolute Gasteiger partial charge is 0.352 e. The molecule has 6 heteroatoms. The monoisotopic (exact) mass is 214 g/mol. The molecule has 0 radical (unpaired) electrons. The topological polar surface area (TPSA) is 87.5 Å². The minimum absolute atomic E-state index is 0.0743. The van der Waals surface area contributed by atoms with Gasteiger partial charge in [0, 0.05) is 32.7 Å². The SMILES string of the molecule is CC(CNC(N)=O)C(=O)N1CCNCC1. The number of urea groups is 1. The molecule has 1 heterocycles. The molecule has 1 fully saturated rings. The van der Waals surface area contributed by atoms with Gasteiger partial charge in [-0.3, -0.25) is 4.79 Å². The van der Waals surface area contributed by atoms with Crippen molar-refractivity contribution in [2.75, 3.05) is 32.7 Å². The lowest BCUT2D eigenvalue weighted by Crippen LogP contribution is -2.49. The van der Waals surface area contributed by atoms with Gasteiger partial charge in [-0.15, -0.1) is 0 Å². The summed E-state index contributed by atoms with van der Waals surface area (Å²) in [6.45, 7) is 5.24. The molecule has 4 N–H and O–H groups in total. The minimum atomic E-state index is -0.588. The number of carbonyl (C=O) groups excluding carboxylic acids is 2. The normalized spacial score (nSPS) is 18.3. The average molecular weight is 214 g/mol. The van der Waals surface area contributed by atoms with Crippen molar-refractivity contribution in [2.45, 2.75) is 6.92 Å². The van der Waals surface area contributed by atoms with Crippen LogP contribution in [0.4, 0.5) is 4.79 Å². The second-order valence-corrected chi connectivity index (χ2v) is 3.72. The summed E-state index contributed by atoms with van der Waals surface area (Å²) in [6.07, 6.45) is 0. The summed E-state index contributed by atoms with van der Waals surface area (Å²) in [7, 11) is 0. The Balaban J connectivity index is 2.33.